The van der Waals surface area contributed by atoms with Gasteiger partial charge in [-0.3, -0.25) is 9.59 Å². The van der Waals surface area contributed by atoms with Gasteiger partial charge in [0.1, 0.15) is 11.5 Å². The van der Waals surface area contributed by atoms with E-state index in [0.717, 1.165) is 11.1 Å². The maximum absolute atomic E-state index is 13.1. The third-order valence-electron chi connectivity index (χ3n) is 5.73. The molecule has 31 heavy (non-hydrogen) atoms. The molecule has 1 saturated heterocycles. The molecule has 0 bridgehead atoms. The Morgan fingerprint density at radius 1 is 1.06 bits per heavy atom. The van der Waals surface area contributed by atoms with E-state index in [1.165, 1.54) is 0 Å². The second-order valence-electron chi connectivity index (χ2n) is 8.42. The van der Waals surface area contributed by atoms with E-state index in [1.54, 1.807) is 19.1 Å². The molecule has 1 aliphatic rings. The Balaban J connectivity index is 1.85. The van der Waals surface area contributed by atoms with Crippen LogP contribution in [0.3, 0.4) is 0 Å². The van der Waals surface area contributed by atoms with Gasteiger partial charge in [-0.15, -0.1) is 0 Å². The summed E-state index contributed by atoms with van der Waals surface area (Å²) in [5.74, 6) is 1.25. The summed E-state index contributed by atoms with van der Waals surface area (Å²) in [6, 6.07) is 15.3. The van der Waals surface area contributed by atoms with Crippen LogP contribution in [0, 0.1) is 11.8 Å². The second-order valence-corrected chi connectivity index (χ2v) is 8.42. The van der Waals surface area contributed by atoms with Gasteiger partial charge in [-0.1, -0.05) is 50.2 Å². The van der Waals surface area contributed by atoms with Gasteiger partial charge in [0.25, 0.3) is 0 Å². The molecule has 166 valence electrons. The molecule has 0 spiro atoms. The van der Waals surface area contributed by atoms with E-state index >= 15 is 0 Å². The molecule has 1 fully saturated rings. The lowest BCUT2D eigenvalue weighted by Gasteiger charge is -2.21. The Bertz CT molecular complexity index is 898. The number of rotatable bonds is 8. The molecule has 2 aromatic carbocycles. The van der Waals surface area contributed by atoms with E-state index in [1.807, 2.05) is 48.5 Å². The summed E-state index contributed by atoms with van der Waals surface area (Å²) in [6.07, 6.45) is 0.327. The monoisotopic (exact) mass is 424 g/mol. The normalized spacial score (nSPS) is 18.2. The average Bonchev–Trinajstić information content (AvgIpc) is 3.23. The smallest absolute Gasteiger partial charge is 0.227 e. The minimum Gasteiger partial charge on any atom is -0.497 e. The van der Waals surface area contributed by atoms with Crippen molar-refractivity contribution in [1.29, 1.82) is 0 Å². The van der Waals surface area contributed by atoms with Crippen LogP contribution in [0.5, 0.6) is 11.5 Å². The Morgan fingerprint density at radius 2 is 1.81 bits per heavy atom. The van der Waals surface area contributed by atoms with Gasteiger partial charge in [0.05, 0.1) is 26.6 Å². The van der Waals surface area contributed by atoms with Crippen molar-refractivity contribution in [1.82, 2.24) is 10.2 Å². The molecule has 3 rings (SSSR count). The predicted molar refractivity (Wildman–Crippen MR) is 120 cm³/mol. The second kappa shape index (κ2) is 10.3. The van der Waals surface area contributed by atoms with Gasteiger partial charge in [0, 0.05) is 37.2 Å². The number of ether oxygens (including phenoxy) is 2. The summed E-state index contributed by atoms with van der Waals surface area (Å²) in [4.78, 5) is 27.9. The van der Waals surface area contributed by atoms with Crippen LogP contribution in [0.2, 0.25) is 0 Å². The number of likely N-dealkylation sites (tertiary alicyclic amines) is 1. The largest absolute Gasteiger partial charge is 0.497 e. The van der Waals surface area contributed by atoms with E-state index in [9.17, 15) is 9.59 Å². The molecule has 2 aromatic rings. The molecule has 1 heterocycles. The number of hydrogen-bond acceptors (Lipinski definition) is 4. The lowest BCUT2D eigenvalue weighted by atomic mass is 9.87. The predicted octanol–water partition coefficient (Wildman–Crippen LogP) is 3.26. The number of benzene rings is 2. The van der Waals surface area contributed by atoms with Gasteiger partial charge in [0.2, 0.25) is 11.8 Å². The number of carbonyl (C=O) groups is 2. The minimum absolute atomic E-state index is 0.0217. The van der Waals surface area contributed by atoms with Crippen LogP contribution in [-0.2, 0) is 16.0 Å². The molecule has 6 heteroatoms. The highest BCUT2D eigenvalue weighted by molar-refractivity contribution is 5.84. The first-order valence-electron chi connectivity index (χ1n) is 10.7. The molecule has 0 saturated carbocycles. The van der Waals surface area contributed by atoms with Gasteiger partial charge >= 0.3 is 0 Å². The maximum Gasteiger partial charge on any atom is 0.227 e. The molecular formula is C25H32N2O4. The van der Waals surface area contributed by atoms with Crippen molar-refractivity contribution in [3.05, 3.63) is 59.7 Å². The molecule has 2 amide bonds. The molecule has 1 aliphatic heterocycles. The fourth-order valence-electron chi connectivity index (χ4n) is 4.03. The molecule has 0 unspecified atom stereocenters. The van der Waals surface area contributed by atoms with Crippen LogP contribution >= 0.6 is 0 Å². The van der Waals surface area contributed by atoms with Crippen LogP contribution < -0.4 is 14.8 Å². The van der Waals surface area contributed by atoms with Gasteiger partial charge in [0.15, 0.2) is 0 Å². The van der Waals surface area contributed by atoms with Crippen LogP contribution in [0.1, 0.15) is 30.9 Å². The number of carbonyl (C=O) groups excluding carboxylic acids is 2. The zero-order valence-corrected chi connectivity index (χ0v) is 18.8. The molecule has 2 atom stereocenters. The third-order valence-corrected chi connectivity index (χ3v) is 5.73. The topological polar surface area (TPSA) is 67.9 Å². The quantitative estimate of drug-likeness (QED) is 0.706. The Hall–Kier alpha value is -3.02. The molecular weight excluding hydrogens is 392 g/mol. The first kappa shape index (κ1) is 22.7. The fourth-order valence-corrected chi connectivity index (χ4v) is 4.03. The molecule has 0 aliphatic carbocycles. The van der Waals surface area contributed by atoms with E-state index in [4.69, 9.17) is 9.47 Å². The summed E-state index contributed by atoms with van der Waals surface area (Å²) < 4.78 is 10.9. The van der Waals surface area contributed by atoms with Crippen molar-refractivity contribution in [3.63, 3.8) is 0 Å². The highest BCUT2D eigenvalue weighted by atomic mass is 16.5. The van der Waals surface area contributed by atoms with Gasteiger partial charge in [-0.2, -0.15) is 0 Å². The van der Waals surface area contributed by atoms with E-state index in [-0.39, 0.29) is 23.7 Å². The van der Waals surface area contributed by atoms with Crippen molar-refractivity contribution in [2.24, 2.45) is 11.8 Å². The van der Waals surface area contributed by atoms with E-state index < -0.39 is 0 Å². The average molecular weight is 425 g/mol. The summed E-state index contributed by atoms with van der Waals surface area (Å²) in [7, 11) is 3.22. The lowest BCUT2D eigenvalue weighted by molar-refractivity contribution is -0.130. The number of hydrogen-bond donors (Lipinski definition) is 1. The SMILES string of the molecule is COc1ccc([C@@H]2CN(C(=O)Cc3ccccc3)C[C@@H]2C(=O)NCC(C)C)c(OC)c1. The Labute approximate surface area is 184 Å². The van der Waals surface area contributed by atoms with Crippen LogP contribution in [0.25, 0.3) is 0 Å². The van der Waals surface area contributed by atoms with Crippen molar-refractivity contribution in [3.8, 4) is 11.5 Å². The summed E-state index contributed by atoms with van der Waals surface area (Å²) >= 11 is 0. The number of nitrogens with zero attached hydrogens (tertiary/aromatic N) is 1. The fraction of sp³-hybridized carbons (Fsp3) is 0.440. The molecule has 0 radical (unpaired) electrons. The zero-order chi connectivity index (χ0) is 22.4. The van der Waals surface area contributed by atoms with Crippen molar-refractivity contribution < 1.29 is 19.1 Å². The van der Waals surface area contributed by atoms with Gasteiger partial charge in [-0.25, -0.2) is 0 Å². The van der Waals surface area contributed by atoms with E-state index in [2.05, 4.69) is 19.2 Å². The van der Waals surface area contributed by atoms with Gasteiger partial charge in [-0.05, 0) is 17.5 Å². The van der Waals surface area contributed by atoms with Crippen molar-refractivity contribution >= 4 is 11.8 Å². The standard InChI is InChI=1S/C25H32N2O4/c1-17(2)14-26-25(29)22-16-27(24(28)12-18-8-6-5-7-9-18)15-21(22)20-11-10-19(30-3)13-23(20)31-4/h5-11,13,17,21-22H,12,14-16H2,1-4H3,(H,26,29)/t21-,22-/m0/s1. The molecule has 1 N–H and O–H groups in total. The van der Waals surface area contributed by atoms with Crippen LogP contribution in [0.15, 0.2) is 48.5 Å². The highest BCUT2D eigenvalue weighted by Crippen LogP contribution is 2.39. The van der Waals surface area contributed by atoms with Crippen LogP contribution in [0.4, 0.5) is 0 Å². The molecule has 0 aromatic heterocycles. The molecule has 6 nitrogen and oxygen atoms in total. The zero-order valence-electron chi connectivity index (χ0n) is 18.8. The lowest BCUT2D eigenvalue weighted by Crippen LogP contribution is -2.37. The third kappa shape index (κ3) is 5.57. The summed E-state index contributed by atoms with van der Waals surface area (Å²) in [5, 5.41) is 3.05. The maximum atomic E-state index is 13.1. The van der Waals surface area contributed by atoms with Crippen LogP contribution in [-0.4, -0.2) is 50.6 Å². The van der Waals surface area contributed by atoms with Gasteiger partial charge < -0.3 is 19.7 Å². The number of amides is 2. The minimum atomic E-state index is -0.333. The first-order chi connectivity index (χ1) is 14.9. The Kier molecular flexibility index (Phi) is 7.55. The van der Waals surface area contributed by atoms with Crippen molar-refractivity contribution in [2.45, 2.75) is 26.2 Å². The summed E-state index contributed by atoms with van der Waals surface area (Å²) in [5.41, 5.74) is 1.89. The number of nitrogens with one attached hydrogen (secondary N) is 1. The Morgan fingerprint density at radius 3 is 2.45 bits per heavy atom. The van der Waals surface area contributed by atoms with E-state index in [0.29, 0.717) is 43.5 Å². The summed E-state index contributed by atoms with van der Waals surface area (Å²) in [6.45, 7) is 5.62. The highest BCUT2D eigenvalue weighted by Gasteiger charge is 2.41. The number of methoxy groups -OCH3 is 2. The first-order valence-corrected chi connectivity index (χ1v) is 10.7. The van der Waals surface area contributed by atoms with Crippen molar-refractivity contribution in [2.75, 3.05) is 33.9 Å².